The van der Waals surface area contributed by atoms with Crippen LogP contribution in [-0.2, 0) is 41.6 Å². The molecule has 6 N–H and O–H groups in total. The van der Waals surface area contributed by atoms with Gasteiger partial charge in [0.1, 0.15) is 23.7 Å². The molecule has 5 aliphatic carbocycles. The third-order valence-electron chi connectivity index (χ3n) is 27.1. The summed E-state index contributed by atoms with van der Waals surface area (Å²) in [4.78, 5) is 73.8. The minimum absolute atomic E-state index is 0.0606. The molecule has 4 fully saturated rings. The number of aryl methyl sites for hydroxylation is 7. The number of rotatable bonds is 25. The molecule has 0 aliphatic heterocycles. The van der Waals surface area contributed by atoms with Crippen molar-refractivity contribution in [3.63, 3.8) is 0 Å². The van der Waals surface area contributed by atoms with Crippen molar-refractivity contribution in [3.05, 3.63) is 260 Å². The fraction of sp³-hybridized carbons (Fsp3) is 0.311. The highest BCUT2D eigenvalue weighted by molar-refractivity contribution is 9.11. The van der Waals surface area contributed by atoms with Crippen molar-refractivity contribution in [1.82, 2.24) is 93.6 Å². The maximum Gasteiger partial charge on any atom is 0.320 e. The Morgan fingerprint density at radius 3 is 1.03 bits per heavy atom. The zero-order valence-electron chi connectivity index (χ0n) is 82.5. The number of fused-ring (bicyclic) bond motifs is 6. The Labute approximate surface area is 933 Å². The fourth-order valence-corrected chi connectivity index (χ4v) is 27.9. The molecule has 0 bridgehead atoms. The number of nitrogens with zero attached hydrogens (tertiary/aromatic N) is 19. The molecule has 0 saturated heterocycles. The molecular weight excluding hydrogens is 2400 g/mol. The van der Waals surface area contributed by atoms with Gasteiger partial charge in [-0.1, -0.05) is 210 Å². The summed E-state index contributed by atoms with van der Waals surface area (Å²) in [6, 6.07) is 59.6. The molecule has 0 unspecified atom stereocenters. The standard InChI is InChI=1S/C20H18BrN3O2S.C18H19BrN4O2S.C18H20BrN3O2S.C18H16BrN3O2S.C17H16BrN3O2S.C15H12BrN3O2S/c21-18-22-23-19(27-20(17(25)26)10-3-11-20)24(18)16-9-8-13(12-6-7-12)14-4-1-2-5-15(14)16;1-9-8-10(2)14(13-12(9)7-6-11(3)20-13)23-16(19)21-22-17(23)26-18(4,5)15(24)25;2*1-11-7-8-14(13-6-3-2-5-12(11)13)22-16(19)20-21-17(22)25-18(15(23)24)9-4-10-18;1-10-8-9-13(12-7-5-4-6-11(10)12)21-15(18)19-20-16(21)24-17(2,3)14(22)23;1-9-6-7-12(11-5-3-2-4-10(9)11)19-14(16)17-18-15(19)22-8-13(20)21/h1-2,4-5,8-9,12H,3,6-7,10-11H2,(H,25,26);6-8H,1-5H3,(H,24,25);7-8H,2-6,9-10H2,1H3,(H,23,24);2-3,5-8H,4,9-10H2,1H3,(H,23,24);4-9H,1-3H3,(H,22,23);2-7H,8H2,1H3,(H,20,21). The van der Waals surface area contributed by atoms with E-state index in [1.807, 2.05) is 132 Å². The molecule has 0 amide bonds. The molecule has 770 valence electrons. The molecule has 149 heavy (non-hydrogen) atoms. The maximum absolute atomic E-state index is 11.8. The van der Waals surface area contributed by atoms with Crippen molar-refractivity contribution in [2.24, 2.45) is 0 Å². The molecule has 0 radical (unpaired) electrons. The van der Waals surface area contributed by atoms with Gasteiger partial charge in [-0.25, -0.2) is 0 Å². The number of hydrogen-bond acceptors (Lipinski definition) is 25. The Morgan fingerprint density at radius 1 is 0.336 bits per heavy atom. The molecule has 4 saturated carbocycles. The van der Waals surface area contributed by atoms with Crippen LogP contribution in [0.2, 0.25) is 0 Å². The molecule has 0 spiro atoms. The number of aromatic nitrogens is 19. The van der Waals surface area contributed by atoms with E-state index in [-0.39, 0.29) is 5.75 Å². The number of thioether (sulfide) groups is 6. The van der Waals surface area contributed by atoms with Crippen LogP contribution in [-0.4, -0.2) is 190 Å². The number of aliphatic carboxylic acids is 6. The molecule has 5 aliphatic rings. The molecule has 17 aromatic rings. The van der Waals surface area contributed by atoms with Gasteiger partial charge in [-0.05, 0) is 382 Å². The van der Waals surface area contributed by atoms with Crippen LogP contribution in [0.15, 0.2) is 235 Å². The quantitative estimate of drug-likeness (QED) is 0.0289. The lowest BCUT2D eigenvalue weighted by atomic mass is 9.84. The van der Waals surface area contributed by atoms with Gasteiger partial charge >= 0.3 is 35.8 Å². The van der Waals surface area contributed by atoms with Crippen LogP contribution in [0.3, 0.4) is 0 Å². The minimum atomic E-state index is -1.04. The van der Waals surface area contributed by atoms with E-state index in [1.54, 1.807) is 27.7 Å². The summed E-state index contributed by atoms with van der Waals surface area (Å²) in [5.41, 5.74) is 18.7. The highest BCUT2D eigenvalue weighted by Gasteiger charge is 2.50. The predicted octanol–water partition coefficient (Wildman–Crippen LogP) is 26.6. The lowest BCUT2D eigenvalue weighted by Crippen LogP contribution is -2.42. The maximum atomic E-state index is 11.8. The second kappa shape index (κ2) is 45.7. The monoisotopic (exact) mass is 2500 g/mol. The second-order valence-electron chi connectivity index (χ2n) is 37.9. The van der Waals surface area contributed by atoms with Crippen LogP contribution in [0.25, 0.3) is 88.1 Å². The Bertz CT molecular complexity index is 8120. The Balaban J connectivity index is 0.000000122. The van der Waals surface area contributed by atoms with Crippen molar-refractivity contribution in [2.45, 2.75) is 233 Å². The molecule has 7 heterocycles. The highest BCUT2D eigenvalue weighted by atomic mass is 79.9. The number of carboxylic acids is 6. The van der Waals surface area contributed by atoms with Crippen LogP contribution in [0.4, 0.5) is 0 Å². The molecular formula is C106H101Br6N19O12S6. The van der Waals surface area contributed by atoms with Crippen molar-refractivity contribution < 1.29 is 59.4 Å². The first-order valence-electron chi connectivity index (χ1n) is 47.7. The zero-order chi connectivity index (χ0) is 106. The SMILES string of the molecule is Cc1ccc(-n2c(Br)nnc2SC(C)(C)C(=O)O)c2ccccc12.Cc1ccc(-n2c(Br)nnc2SC2(C(=O)O)CCC2)c2c1CCCC2.Cc1ccc(-n2c(Br)nnc2SC2(C(=O)O)CCC2)c2ccccc12.Cc1ccc(-n2c(Br)nnc2SCC(=O)O)c2ccccc12.Cc1ccc2c(C)cc(C)c(-n3c(Br)nnc3SC(C)(C)C(=O)O)c2n1.O=C(O)C1(Sc2nnc(Br)n2-c2ccc(C3CC3)c3ccccc23)CCC1. The van der Waals surface area contributed by atoms with Crippen LogP contribution in [0.1, 0.15) is 173 Å². The van der Waals surface area contributed by atoms with Gasteiger partial charge in [-0.3, -0.25) is 61.2 Å². The van der Waals surface area contributed by atoms with Gasteiger partial charge in [0.15, 0.2) is 30.9 Å². The van der Waals surface area contributed by atoms with Gasteiger partial charge < -0.3 is 30.6 Å². The second-order valence-corrected chi connectivity index (χ2v) is 50.3. The van der Waals surface area contributed by atoms with E-state index in [0.29, 0.717) is 104 Å². The smallest absolute Gasteiger partial charge is 0.320 e. The van der Waals surface area contributed by atoms with Crippen molar-refractivity contribution >= 4 is 256 Å². The van der Waals surface area contributed by atoms with Crippen LogP contribution >= 0.6 is 166 Å². The van der Waals surface area contributed by atoms with E-state index in [4.69, 9.17) is 10.1 Å². The highest BCUT2D eigenvalue weighted by Crippen LogP contribution is 2.54. The Hall–Kier alpha value is -10.7. The number of halogens is 6. The van der Waals surface area contributed by atoms with E-state index >= 15 is 0 Å². The van der Waals surface area contributed by atoms with E-state index in [1.165, 1.54) is 117 Å². The van der Waals surface area contributed by atoms with E-state index in [2.05, 4.69) is 276 Å². The van der Waals surface area contributed by atoms with Gasteiger partial charge in [-0.2, -0.15) is 0 Å². The molecule has 31 nitrogen and oxygen atoms in total. The van der Waals surface area contributed by atoms with Crippen molar-refractivity contribution in [2.75, 3.05) is 5.75 Å². The number of carboxylic acid groups (broad SMARTS) is 6. The summed E-state index contributed by atoms with van der Waals surface area (Å²) >= 11 is 28.2. The van der Waals surface area contributed by atoms with Gasteiger partial charge in [0.2, 0.25) is 28.4 Å². The molecule has 22 rings (SSSR count). The van der Waals surface area contributed by atoms with Gasteiger partial charge in [0.25, 0.3) is 0 Å². The number of carbonyl (C=O) groups is 6. The first-order chi connectivity index (χ1) is 71.1. The lowest BCUT2D eigenvalue weighted by molar-refractivity contribution is -0.143. The zero-order valence-corrected chi connectivity index (χ0v) is 96.9. The Morgan fingerprint density at radius 2 is 0.658 bits per heavy atom. The lowest BCUT2D eigenvalue weighted by Gasteiger charge is -2.36. The van der Waals surface area contributed by atoms with E-state index < -0.39 is 59.6 Å². The van der Waals surface area contributed by atoms with Crippen molar-refractivity contribution in [3.8, 4) is 34.1 Å². The minimum Gasteiger partial charge on any atom is -0.481 e. The predicted molar refractivity (Wildman–Crippen MR) is 605 cm³/mol. The first-order valence-corrected chi connectivity index (χ1v) is 57.6. The number of benzene rings is 10. The summed E-state index contributed by atoms with van der Waals surface area (Å²) in [6.07, 6.45) is 13.9. The number of hydrogen-bond donors (Lipinski definition) is 6. The average molecular weight is 2500 g/mol. The average Bonchev–Trinajstić information content (AvgIpc) is 1.60. The largest absolute Gasteiger partial charge is 0.481 e. The first kappa shape index (κ1) is 109. The summed E-state index contributed by atoms with van der Waals surface area (Å²) in [7, 11) is 0. The normalized spacial score (nSPS) is 14.7. The van der Waals surface area contributed by atoms with Gasteiger partial charge in [0.05, 0.1) is 45.4 Å². The molecule has 10 aromatic carbocycles. The molecule has 43 heteroatoms. The summed E-state index contributed by atoms with van der Waals surface area (Å²) < 4.78 is 10.3. The molecule has 7 aromatic heterocycles. The van der Waals surface area contributed by atoms with Crippen molar-refractivity contribution in [1.29, 1.82) is 0 Å². The molecule has 0 atom stereocenters. The Kier molecular flexibility index (Phi) is 33.6. The third-order valence-corrected chi connectivity index (χ3v) is 37.6. The summed E-state index contributed by atoms with van der Waals surface area (Å²) in [5.74, 6) is -4.38. The van der Waals surface area contributed by atoms with Crippen LogP contribution in [0, 0.1) is 48.5 Å². The van der Waals surface area contributed by atoms with Gasteiger partial charge in [0, 0.05) is 32.6 Å². The fourth-order valence-electron chi connectivity index (χ4n) is 18.3. The topological polar surface area (TPSA) is 421 Å². The van der Waals surface area contributed by atoms with Crippen LogP contribution in [0.5, 0.6) is 0 Å². The third kappa shape index (κ3) is 22.9. The number of pyridine rings is 1. The summed E-state index contributed by atoms with van der Waals surface area (Å²) in [5, 5.41) is 120. The van der Waals surface area contributed by atoms with Gasteiger partial charge in [-0.15, -0.1) is 61.2 Å². The summed E-state index contributed by atoms with van der Waals surface area (Å²) in [6.45, 7) is 21.0. The van der Waals surface area contributed by atoms with E-state index in [9.17, 15) is 54.3 Å². The van der Waals surface area contributed by atoms with E-state index in [0.717, 1.165) is 155 Å². The van der Waals surface area contributed by atoms with Crippen LogP contribution < -0.4 is 0 Å².